The second kappa shape index (κ2) is 7.38. The lowest BCUT2D eigenvalue weighted by atomic mass is 9.79. The first-order valence-corrected chi connectivity index (χ1v) is 9.40. The van der Waals surface area contributed by atoms with Crippen LogP contribution in [0.5, 0.6) is 11.5 Å². The van der Waals surface area contributed by atoms with E-state index in [-0.39, 0.29) is 29.8 Å². The van der Waals surface area contributed by atoms with E-state index in [2.05, 4.69) is 43.6 Å². The fourth-order valence-corrected chi connectivity index (χ4v) is 4.13. The van der Waals surface area contributed by atoms with Gasteiger partial charge < -0.3 is 25.4 Å². The molecule has 1 aromatic carbocycles. The van der Waals surface area contributed by atoms with Crippen molar-refractivity contribution in [3.05, 3.63) is 24.3 Å². The topological polar surface area (TPSA) is 88.7 Å². The van der Waals surface area contributed by atoms with Crippen LogP contribution >= 0.6 is 0 Å². The van der Waals surface area contributed by atoms with Crippen LogP contribution in [0.15, 0.2) is 24.3 Å². The van der Waals surface area contributed by atoms with E-state index < -0.39 is 11.8 Å². The molecule has 0 unspecified atom stereocenters. The fourth-order valence-electron chi connectivity index (χ4n) is 4.13. The summed E-state index contributed by atoms with van der Waals surface area (Å²) in [5, 5.41) is 9.07. The van der Waals surface area contributed by atoms with E-state index in [9.17, 15) is 9.59 Å². The van der Waals surface area contributed by atoms with Crippen molar-refractivity contribution in [2.24, 2.45) is 0 Å². The minimum Gasteiger partial charge on any atom is -0.486 e. The van der Waals surface area contributed by atoms with Crippen molar-refractivity contribution in [3.8, 4) is 11.5 Å². The van der Waals surface area contributed by atoms with E-state index in [1.165, 1.54) is 0 Å². The Hall–Kier alpha value is -2.28. The standard InChI is InChI=1S/C20H29N3O4/c1-19(2)9-13(10-20(3,4)23-19)22-18(25)17(24)21-11-14-12-26-15-7-5-6-8-16(15)27-14/h5-8,13-14,23H,9-12H2,1-4H3,(H,21,24)(H,22,25)/t14-/m1/s1. The molecule has 0 bridgehead atoms. The summed E-state index contributed by atoms with van der Waals surface area (Å²) in [6.45, 7) is 8.95. The van der Waals surface area contributed by atoms with Crippen LogP contribution in [0.1, 0.15) is 40.5 Å². The van der Waals surface area contributed by atoms with Crippen LogP contribution in [0.2, 0.25) is 0 Å². The minimum absolute atomic E-state index is 0.0457. The third kappa shape index (κ3) is 5.13. The summed E-state index contributed by atoms with van der Waals surface area (Å²) < 4.78 is 11.4. The highest BCUT2D eigenvalue weighted by molar-refractivity contribution is 6.35. The number of amides is 2. The number of nitrogens with one attached hydrogen (secondary N) is 3. The maximum absolute atomic E-state index is 12.3. The molecule has 7 nitrogen and oxygen atoms in total. The SMILES string of the molecule is CC1(C)CC(NC(=O)C(=O)NC[C@@H]2COc3ccccc3O2)CC(C)(C)N1. The molecule has 1 atom stereocenters. The molecule has 0 spiro atoms. The van der Waals surface area contributed by atoms with Gasteiger partial charge in [-0.15, -0.1) is 0 Å². The Morgan fingerprint density at radius 3 is 2.37 bits per heavy atom. The Morgan fingerprint density at radius 2 is 1.70 bits per heavy atom. The monoisotopic (exact) mass is 375 g/mol. The van der Waals surface area contributed by atoms with Crippen LogP contribution in [0, 0.1) is 0 Å². The zero-order valence-corrected chi connectivity index (χ0v) is 16.4. The summed E-state index contributed by atoms with van der Waals surface area (Å²) in [5.74, 6) is 0.0813. The van der Waals surface area contributed by atoms with Crippen molar-refractivity contribution < 1.29 is 19.1 Å². The molecule has 3 rings (SSSR count). The number of piperidine rings is 1. The van der Waals surface area contributed by atoms with Crippen molar-refractivity contribution in [3.63, 3.8) is 0 Å². The van der Waals surface area contributed by atoms with Crippen molar-refractivity contribution in [2.45, 2.75) is 63.8 Å². The van der Waals surface area contributed by atoms with Gasteiger partial charge >= 0.3 is 11.8 Å². The first-order valence-electron chi connectivity index (χ1n) is 9.40. The minimum atomic E-state index is -0.647. The molecule has 1 fully saturated rings. The number of carbonyl (C=O) groups excluding carboxylic acids is 2. The Labute approximate surface area is 160 Å². The van der Waals surface area contributed by atoms with Crippen LogP contribution in [-0.4, -0.2) is 48.2 Å². The molecule has 0 aromatic heterocycles. The van der Waals surface area contributed by atoms with Gasteiger partial charge in [-0.3, -0.25) is 9.59 Å². The number of fused-ring (bicyclic) bond motifs is 1. The normalized spacial score (nSPS) is 23.3. The van der Waals surface area contributed by atoms with Crippen molar-refractivity contribution in [2.75, 3.05) is 13.2 Å². The third-order valence-electron chi connectivity index (χ3n) is 4.79. The zero-order chi connectivity index (χ0) is 19.7. The van der Waals surface area contributed by atoms with E-state index >= 15 is 0 Å². The van der Waals surface area contributed by atoms with E-state index in [0.29, 0.717) is 18.1 Å². The highest BCUT2D eigenvalue weighted by atomic mass is 16.6. The lowest BCUT2D eigenvalue weighted by Crippen LogP contribution is -2.63. The average molecular weight is 375 g/mol. The van der Waals surface area contributed by atoms with Gasteiger partial charge in [0.05, 0.1) is 6.54 Å². The van der Waals surface area contributed by atoms with Crippen LogP contribution in [-0.2, 0) is 9.59 Å². The molecule has 2 amide bonds. The number of para-hydroxylation sites is 2. The highest BCUT2D eigenvalue weighted by Crippen LogP contribution is 2.31. The van der Waals surface area contributed by atoms with E-state index in [1.54, 1.807) is 0 Å². The van der Waals surface area contributed by atoms with Gasteiger partial charge in [0, 0.05) is 17.1 Å². The second-order valence-corrected chi connectivity index (χ2v) is 8.68. The number of hydrogen-bond donors (Lipinski definition) is 3. The van der Waals surface area contributed by atoms with Gasteiger partial charge in [-0.2, -0.15) is 0 Å². The molecule has 2 aliphatic heterocycles. The van der Waals surface area contributed by atoms with Crippen molar-refractivity contribution in [1.82, 2.24) is 16.0 Å². The molecule has 2 heterocycles. The molecular formula is C20H29N3O4. The summed E-state index contributed by atoms with van der Waals surface area (Å²) >= 11 is 0. The molecule has 148 valence electrons. The highest BCUT2D eigenvalue weighted by Gasteiger charge is 2.38. The number of carbonyl (C=O) groups is 2. The molecule has 2 aliphatic rings. The van der Waals surface area contributed by atoms with Crippen LogP contribution in [0.3, 0.4) is 0 Å². The van der Waals surface area contributed by atoms with Gasteiger partial charge in [0.1, 0.15) is 12.7 Å². The Balaban J connectivity index is 1.48. The molecule has 0 aliphatic carbocycles. The predicted molar refractivity (Wildman–Crippen MR) is 102 cm³/mol. The van der Waals surface area contributed by atoms with Crippen LogP contribution < -0.4 is 25.4 Å². The maximum Gasteiger partial charge on any atom is 0.309 e. The molecule has 3 N–H and O–H groups in total. The van der Waals surface area contributed by atoms with E-state index in [4.69, 9.17) is 9.47 Å². The Bertz CT molecular complexity index is 701. The van der Waals surface area contributed by atoms with Crippen LogP contribution in [0.4, 0.5) is 0 Å². The van der Waals surface area contributed by atoms with E-state index in [0.717, 1.165) is 12.8 Å². The zero-order valence-electron chi connectivity index (χ0n) is 16.4. The molecule has 7 heteroatoms. The smallest absolute Gasteiger partial charge is 0.309 e. The molecule has 1 saturated heterocycles. The predicted octanol–water partition coefficient (Wildman–Crippen LogP) is 1.37. The summed E-state index contributed by atoms with van der Waals surface area (Å²) in [6, 6.07) is 7.34. The maximum atomic E-state index is 12.3. The number of hydrogen-bond acceptors (Lipinski definition) is 5. The summed E-state index contributed by atoms with van der Waals surface area (Å²) in [4.78, 5) is 24.5. The van der Waals surface area contributed by atoms with Gasteiger partial charge in [-0.25, -0.2) is 0 Å². The van der Waals surface area contributed by atoms with Gasteiger partial charge in [0.2, 0.25) is 0 Å². The third-order valence-corrected chi connectivity index (χ3v) is 4.79. The number of ether oxygens (including phenoxy) is 2. The van der Waals surface area contributed by atoms with Crippen molar-refractivity contribution in [1.29, 1.82) is 0 Å². The van der Waals surface area contributed by atoms with Crippen LogP contribution in [0.25, 0.3) is 0 Å². The summed E-state index contributed by atoms with van der Waals surface area (Å²) in [7, 11) is 0. The molecule has 27 heavy (non-hydrogen) atoms. The molecule has 0 saturated carbocycles. The second-order valence-electron chi connectivity index (χ2n) is 8.68. The van der Waals surface area contributed by atoms with Gasteiger partial charge in [-0.05, 0) is 52.7 Å². The molecule has 1 aromatic rings. The first kappa shape index (κ1) is 19.5. The Morgan fingerprint density at radius 1 is 1.07 bits per heavy atom. The fraction of sp³-hybridized carbons (Fsp3) is 0.600. The molecular weight excluding hydrogens is 346 g/mol. The quantitative estimate of drug-likeness (QED) is 0.695. The van der Waals surface area contributed by atoms with Gasteiger partial charge in [0.25, 0.3) is 0 Å². The largest absolute Gasteiger partial charge is 0.486 e. The average Bonchev–Trinajstić information content (AvgIpc) is 2.56. The number of benzene rings is 1. The van der Waals surface area contributed by atoms with Gasteiger partial charge in [0.15, 0.2) is 11.5 Å². The van der Waals surface area contributed by atoms with Crippen molar-refractivity contribution >= 4 is 11.8 Å². The molecule has 0 radical (unpaired) electrons. The van der Waals surface area contributed by atoms with E-state index in [1.807, 2.05) is 24.3 Å². The first-order chi connectivity index (χ1) is 12.6. The van der Waals surface area contributed by atoms with Gasteiger partial charge in [-0.1, -0.05) is 12.1 Å². The summed E-state index contributed by atoms with van der Waals surface area (Å²) in [6.07, 6.45) is 1.21. The summed E-state index contributed by atoms with van der Waals surface area (Å²) in [5.41, 5.74) is -0.201. The number of rotatable bonds is 3. The lowest BCUT2D eigenvalue weighted by Gasteiger charge is -2.46. The Kier molecular flexibility index (Phi) is 5.33. The lowest BCUT2D eigenvalue weighted by molar-refractivity contribution is -0.140.